The van der Waals surface area contributed by atoms with E-state index in [1.54, 1.807) is 0 Å². The molecule has 0 saturated carbocycles. The fourth-order valence-corrected chi connectivity index (χ4v) is 10.6. The molecule has 0 saturated heterocycles. The SMILES string of the molecule is c1ccc(C2(c3ccccc3)c3ccccc3-c3c(N(c4ccc(-c5ccc6oc7ccccc7c6c5)cc4)c4ccc(-c5cccc6oc7ccccc7c56)cc4)cccc32)cc1. The molecule has 0 atom stereocenters. The van der Waals surface area contributed by atoms with Crippen molar-refractivity contribution in [1.82, 2.24) is 0 Å². The fraction of sp³-hybridized carbons (Fsp3) is 0.0164. The Balaban J connectivity index is 1.01. The van der Waals surface area contributed by atoms with Crippen LogP contribution in [0, 0.1) is 0 Å². The maximum atomic E-state index is 6.31. The Morgan fingerprint density at radius 3 is 1.58 bits per heavy atom. The zero-order chi connectivity index (χ0) is 42.2. The van der Waals surface area contributed by atoms with Crippen molar-refractivity contribution in [2.24, 2.45) is 0 Å². The first-order chi connectivity index (χ1) is 31.7. The average molecular weight is 818 g/mol. The number of hydrogen-bond donors (Lipinski definition) is 0. The zero-order valence-electron chi connectivity index (χ0n) is 34.8. The van der Waals surface area contributed by atoms with Crippen LogP contribution in [0.4, 0.5) is 17.1 Å². The van der Waals surface area contributed by atoms with Crippen molar-refractivity contribution in [3.8, 4) is 33.4 Å². The molecular formula is C61H39NO2. The summed E-state index contributed by atoms with van der Waals surface area (Å²) in [5.41, 5.74) is 18.4. The third kappa shape index (κ3) is 5.41. The normalized spacial score (nSPS) is 12.8. The summed E-state index contributed by atoms with van der Waals surface area (Å²) in [7, 11) is 0. The second-order valence-corrected chi connectivity index (χ2v) is 16.7. The molecule has 1 aliphatic carbocycles. The summed E-state index contributed by atoms with van der Waals surface area (Å²) in [6.45, 7) is 0. The van der Waals surface area contributed by atoms with Gasteiger partial charge in [-0.25, -0.2) is 0 Å². The molecular weight excluding hydrogens is 779 g/mol. The number of furan rings is 2. The summed E-state index contributed by atoms with van der Waals surface area (Å²) in [6, 6.07) is 85.4. The van der Waals surface area contributed by atoms with E-state index < -0.39 is 5.41 Å². The molecule has 0 amide bonds. The summed E-state index contributed by atoms with van der Waals surface area (Å²) >= 11 is 0. The van der Waals surface area contributed by atoms with Gasteiger partial charge in [0, 0.05) is 38.5 Å². The average Bonchev–Trinajstić information content (AvgIpc) is 4.04. The summed E-state index contributed by atoms with van der Waals surface area (Å²) in [4.78, 5) is 2.44. The smallest absolute Gasteiger partial charge is 0.136 e. The lowest BCUT2D eigenvalue weighted by molar-refractivity contribution is 0.668. The van der Waals surface area contributed by atoms with Crippen LogP contribution in [0.1, 0.15) is 22.3 Å². The van der Waals surface area contributed by atoms with E-state index >= 15 is 0 Å². The summed E-state index contributed by atoms with van der Waals surface area (Å²) in [5.74, 6) is 0. The van der Waals surface area contributed by atoms with Crippen LogP contribution in [0.15, 0.2) is 245 Å². The molecule has 300 valence electrons. The minimum atomic E-state index is -0.522. The minimum Gasteiger partial charge on any atom is -0.456 e. The molecule has 3 nitrogen and oxygen atoms in total. The third-order valence-corrected chi connectivity index (χ3v) is 13.4. The molecule has 0 aliphatic heterocycles. The number of benzene rings is 10. The van der Waals surface area contributed by atoms with E-state index in [9.17, 15) is 0 Å². The van der Waals surface area contributed by atoms with E-state index in [1.807, 2.05) is 24.3 Å². The van der Waals surface area contributed by atoms with Crippen molar-refractivity contribution in [3.63, 3.8) is 0 Å². The molecule has 13 rings (SSSR count). The Morgan fingerprint density at radius 1 is 0.328 bits per heavy atom. The van der Waals surface area contributed by atoms with Crippen LogP contribution in [0.5, 0.6) is 0 Å². The van der Waals surface area contributed by atoms with Gasteiger partial charge < -0.3 is 13.7 Å². The van der Waals surface area contributed by atoms with Gasteiger partial charge >= 0.3 is 0 Å². The number of nitrogens with zero attached hydrogens (tertiary/aromatic N) is 1. The monoisotopic (exact) mass is 817 g/mol. The number of hydrogen-bond acceptors (Lipinski definition) is 3. The van der Waals surface area contributed by atoms with E-state index in [4.69, 9.17) is 8.83 Å². The van der Waals surface area contributed by atoms with Gasteiger partial charge in [0.15, 0.2) is 0 Å². The standard InChI is InChI=1S/C61H39NO2/c1-3-15-43(16-4-1)61(44-17-5-2-6-18-44)52-23-10-7-20-49(52)60-53(61)24-14-25-54(60)62(45-34-29-40(30-35-45)42-33-38-57-51(39-42)48-19-8-11-26-55(48)63-57)46-36-31-41(32-37-46)47-22-13-28-58-59(47)50-21-9-12-27-56(50)64-58/h1-39H. The molecule has 0 N–H and O–H groups in total. The summed E-state index contributed by atoms with van der Waals surface area (Å²) < 4.78 is 12.5. The molecule has 0 spiro atoms. The highest BCUT2D eigenvalue weighted by atomic mass is 16.3. The number of fused-ring (bicyclic) bond motifs is 9. The fourth-order valence-electron chi connectivity index (χ4n) is 10.6. The molecule has 12 aromatic rings. The lowest BCUT2D eigenvalue weighted by atomic mass is 9.68. The molecule has 3 heteroatoms. The number of anilines is 3. The predicted octanol–water partition coefficient (Wildman–Crippen LogP) is 16.7. The van der Waals surface area contributed by atoms with E-state index in [-0.39, 0.29) is 0 Å². The molecule has 0 radical (unpaired) electrons. The summed E-state index contributed by atoms with van der Waals surface area (Å²) in [5, 5.41) is 4.51. The highest BCUT2D eigenvalue weighted by Crippen LogP contribution is 2.59. The van der Waals surface area contributed by atoms with E-state index in [2.05, 4.69) is 217 Å². The number of rotatable bonds is 7. The Hall–Kier alpha value is -8.40. The Morgan fingerprint density at radius 2 is 0.844 bits per heavy atom. The van der Waals surface area contributed by atoms with Crippen molar-refractivity contribution in [2.75, 3.05) is 4.90 Å². The lowest BCUT2D eigenvalue weighted by Crippen LogP contribution is -2.28. The zero-order valence-corrected chi connectivity index (χ0v) is 34.8. The van der Waals surface area contributed by atoms with E-state index in [0.29, 0.717) is 0 Å². The Bertz CT molecular complexity index is 3670. The van der Waals surface area contributed by atoms with Gasteiger partial charge in [-0.2, -0.15) is 0 Å². The van der Waals surface area contributed by atoms with Crippen molar-refractivity contribution < 1.29 is 8.83 Å². The first-order valence-corrected chi connectivity index (χ1v) is 21.9. The molecule has 2 heterocycles. The first kappa shape index (κ1) is 36.3. The molecule has 64 heavy (non-hydrogen) atoms. The topological polar surface area (TPSA) is 29.5 Å². The van der Waals surface area contributed by atoms with Crippen LogP contribution < -0.4 is 4.90 Å². The van der Waals surface area contributed by atoms with Gasteiger partial charge in [0.1, 0.15) is 22.3 Å². The van der Waals surface area contributed by atoms with Gasteiger partial charge in [-0.15, -0.1) is 0 Å². The molecule has 0 unspecified atom stereocenters. The van der Waals surface area contributed by atoms with Crippen LogP contribution >= 0.6 is 0 Å². The van der Waals surface area contributed by atoms with Gasteiger partial charge in [-0.05, 0) is 111 Å². The number of para-hydroxylation sites is 2. The lowest BCUT2D eigenvalue weighted by Gasteiger charge is -2.34. The van der Waals surface area contributed by atoms with Crippen LogP contribution in [-0.2, 0) is 5.41 Å². The summed E-state index contributed by atoms with van der Waals surface area (Å²) in [6.07, 6.45) is 0. The van der Waals surface area contributed by atoms with Gasteiger partial charge in [-0.3, -0.25) is 0 Å². The second-order valence-electron chi connectivity index (χ2n) is 16.7. The van der Waals surface area contributed by atoms with Crippen molar-refractivity contribution >= 4 is 60.9 Å². The van der Waals surface area contributed by atoms with E-state index in [0.717, 1.165) is 83.2 Å². The van der Waals surface area contributed by atoms with Crippen LogP contribution in [0.25, 0.3) is 77.3 Å². The Kier molecular flexibility index (Phi) is 8.13. The van der Waals surface area contributed by atoms with Crippen molar-refractivity contribution in [2.45, 2.75) is 5.41 Å². The molecule has 1 aliphatic rings. The second kappa shape index (κ2) is 14.3. The molecule has 0 bridgehead atoms. The molecule has 0 fully saturated rings. The van der Waals surface area contributed by atoms with E-state index in [1.165, 1.54) is 33.4 Å². The van der Waals surface area contributed by atoms with Gasteiger partial charge in [0.25, 0.3) is 0 Å². The first-order valence-electron chi connectivity index (χ1n) is 21.9. The maximum Gasteiger partial charge on any atom is 0.136 e. The minimum absolute atomic E-state index is 0.522. The largest absolute Gasteiger partial charge is 0.456 e. The van der Waals surface area contributed by atoms with Crippen LogP contribution in [0.3, 0.4) is 0 Å². The van der Waals surface area contributed by atoms with Crippen molar-refractivity contribution in [1.29, 1.82) is 0 Å². The quantitative estimate of drug-likeness (QED) is 0.160. The van der Waals surface area contributed by atoms with Crippen molar-refractivity contribution in [3.05, 3.63) is 259 Å². The maximum absolute atomic E-state index is 6.31. The van der Waals surface area contributed by atoms with Gasteiger partial charge in [-0.1, -0.05) is 176 Å². The Labute approximate surface area is 370 Å². The van der Waals surface area contributed by atoms with Gasteiger partial charge in [0.2, 0.25) is 0 Å². The highest BCUT2D eigenvalue weighted by molar-refractivity contribution is 6.12. The predicted molar refractivity (Wildman–Crippen MR) is 264 cm³/mol. The third-order valence-electron chi connectivity index (χ3n) is 13.4. The molecule has 2 aromatic heterocycles. The highest BCUT2D eigenvalue weighted by Gasteiger charge is 2.47. The van der Waals surface area contributed by atoms with Crippen LogP contribution in [0.2, 0.25) is 0 Å². The molecule has 10 aromatic carbocycles. The van der Waals surface area contributed by atoms with Crippen LogP contribution in [-0.4, -0.2) is 0 Å². The van der Waals surface area contributed by atoms with Gasteiger partial charge in [0.05, 0.1) is 11.1 Å².